The highest BCUT2D eigenvalue weighted by atomic mass is 16.5. The summed E-state index contributed by atoms with van der Waals surface area (Å²) in [5, 5.41) is 0. The van der Waals surface area contributed by atoms with Crippen molar-refractivity contribution >= 4 is 0 Å². The van der Waals surface area contributed by atoms with Gasteiger partial charge in [0.1, 0.15) is 0 Å². The third-order valence-electron chi connectivity index (χ3n) is 5.72. The van der Waals surface area contributed by atoms with Crippen LogP contribution in [0.25, 0.3) is 0 Å². The van der Waals surface area contributed by atoms with E-state index in [-0.39, 0.29) is 11.0 Å². The smallest absolute Gasteiger partial charge is 0.0662 e. The van der Waals surface area contributed by atoms with Gasteiger partial charge in [-0.05, 0) is 30.9 Å². The molecule has 1 fully saturated rings. The van der Waals surface area contributed by atoms with Gasteiger partial charge < -0.3 is 10.5 Å². The monoisotopic (exact) mass is 288 g/mol. The van der Waals surface area contributed by atoms with Crippen LogP contribution in [-0.2, 0) is 17.7 Å². The summed E-state index contributed by atoms with van der Waals surface area (Å²) in [6, 6.07) is 8.78. The molecule has 0 bridgehead atoms. The summed E-state index contributed by atoms with van der Waals surface area (Å²) < 4.78 is 5.84. The Balaban J connectivity index is 1.66. The Kier molecular flexibility index (Phi) is 3.85. The number of hydrogen-bond donors (Lipinski definition) is 1. The summed E-state index contributed by atoms with van der Waals surface area (Å²) in [6.45, 7) is 10.5. The Bertz CT molecular complexity index is 514. The van der Waals surface area contributed by atoms with E-state index in [2.05, 4.69) is 49.9 Å². The summed E-state index contributed by atoms with van der Waals surface area (Å²) >= 11 is 0. The average molecular weight is 288 g/mol. The van der Waals surface area contributed by atoms with E-state index >= 15 is 0 Å². The van der Waals surface area contributed by atoms with Crippen molar-refractivity contribution < 1.29 is 4.74 Å². The zero-order chi connectivity index (χ0) is 15.1. The molecule has 1 aromatic rings. The number of rotatable bonds is 4. The molecule has 1 aliphatic carbocycles. The topological polar surface area (TPSA) is 38.5 Å². The largest absolute Gasteiger partial charge is 0.378 e. The van der Waals surface area contributed by atoms with Crippen LogP contribution in [0.15, 0.2) is 24.3 Å². The van der Waals surface area contributed by atoms with E-state index in [1.54, 1.807) is 0 Å². The van der Waals surface area contributed by atoms with Crippen LogP contribution in [0.3, 0.4) is 0 Å². The molecule has 0 radical (unpaired) electrons. The van der Waals surface area contributed by atoms with E-state index in [0.29, 0.717) is 6.10 Å². The molecule has 21 heavy (non-hydrogen) atoms. The molecule has 0 amide bonds. The van der Waals surface area contributed by atoms with Gasteiger partial charge in [0, 0.05) is 37.2 Å². The molecule has 2 atom stereocenters. The molecule has 1 aromatic carbocycles. The summed E-state index contributed by atoms with van der Waals surface area (Å²) in [5.41, 5.74) is 9.62. The Labute approximate surface area is 128 Å². The van der Waals surface area contributed by atoms with Crippen molar-refractivity contribution in [3.8, 4) is 0 Å². The van der Waals surface area contributed by atoms with Gasteiger partial charge in [-0.3, -0.25) is 4.90 Å². The van der Waals surface area contributed by atoms with E-state index in [9.17, 15) is 0 Å². The second-order valence-electron chi connectivity index (χ2n) is 7.26. The SMILES string of the molecule is CCOC1CC(N)(CN2CCc3ccccc3C2)C1(C)C. The molecule has 0 aromatic heterocycles. The molecule has 2 unspecified atom stereocenters. The number of fused-ring (bicyclic) bond motifs is 1. The van der Waals surface area contributed by atoms with Gasteiger partial charge in [0.05, 0.1) is 6.10 Å². The first-order valence-electron chi connectivity index (χ1n) is 8.16. The van der Waals surface area contributed by atoms with Crippen LogP contribution in [0.1, 0.15) is 38.3 Å². The third-order valence-corrected chi connectivity index (χ3v) is 5.72. The molecule has 0 spiro atoms. The van der Waals surface area contributed by atoms with Gasteiger partial charge in [-0.2, -0.15) is 0 Å². The summed E-state index contributed by atoms with van der Waals surface area (Å²) in [7, 11) is 0. The zero-order valence-electron chi connectivity index (χ0n) is 13.6. The molecule has 3 rings (SSSR count). The second kappa shape index (κ2) is 5.38. The first-order chi connectivity index (χ1) is 9.96. The van der Waals surface area contributed by atoms with Crippen molar-refractivity contribution in [1.29, 1.82) is 0 Å². The number of ether oxygens (including phenoxy) is 1. The zero-order valence-corrected chi connectivity index (χ0v) is 13.6. The van der Waals surface area contributed by atoms with Gasteiger partial charge in [0.25, 0.3) is 0 Å². The van der Waals surface area contributed by atoms with Crippen molar-refractivity contribution in [2.75, 3.05) is 19.7 Å². The van der Waals surface area contributed by atoms with E-state index in [0.717, 1.165) is 39.1 Å². The lowest BCUT2D eigenvalue weighted by atomic mass is 9.54. The summed E-state index contributed by atoms with van der Waals surface area (Å²) in [4.78, 5) is 2.52. The van der Waals surface area contributed by atoms with Crippen LogP contribution in [0.5, 0.6) is 0 Å². The minimum atomic E-state index is -0.126. The highest BCUT2D eigenvalue weighted by Crippen LogP contribution is 2.50. The van der Waals surface area contributed by atoms with E-state index in [1.807, 2.05) is 0 Å². The van der Waals surface area contributed by atoms with Crippen molar-refractivity contribution in [3.05, 3.63) is 35.4 Å². The Morgan fingerprint density at radius 2 is 2.00 bits per heavy atom. The second-order valence-corrected chi connectivity index (χ2v) is 7.26. The number of nitrogens with zero attached hydrogens (tertiary/aromatic N) is 1. The average Bonchev–Trinajstić information content (AvgIpc) is 2.47. The van der Waals surface area contributed by atoms with Crippen LogP contribution in [0.4, 0.5) is 0 Å². The van der Waals surface area contributed by atoms with Crippen LogP contribution >= 0.6 is 0 Å². The van der Waals surface area contributed by atoms with Crippen LogP contribution in [-0.4, -0.2) is 36.2 Å². The van der Waals surface area contributed by atoms with E-state index < -0.39 is 0 Å². The normalized spacial score (nSPS) is 31.5. The molecule has 3 nitrogen and oxygen atoms in total. The quantitative estimate of drug-likeness (QED) is 0.925. The number of hydrogen-bond acceptors (Lipinski definition) is 3. The molecule has 1 aliphatic heterocycles. The number of nitrogens with two attached hydrogens (primary N) is 1. The van der Waals surface area contributed by atoms with Gasteiger partial charge in [0.15, 0.2) is 0 Å². The van der Waals surface area contributed by atoms with Gasteiger partial charge >= 0.3 is 0 Å². The van der Waals surface area contributed by atoms with Gasteiger partial charge in [0.2, 0.25) is 0 Å². The fraction of sp³-hybridized carbons (Fsp3) is 0.667. The molecule has 116 valence electrons. The minimum absolute atomic E-state index is 0.0555. The third kappa shape index (κ3) is 2.52. The molecule has 1 saturated carbocycles. The maximum absolute atomic E-state index is 6.73. The standard InChI is InChI=1S/C18H28N2O/c1-4-21-16-11-18(19,17(16,2)3)13-20-10-9-14-7-5-6-8-15(14)12-20/h5-8,16H,4,9-13,19H2,1-3H3. The first-order valence-corrected chi connectivity index (χ1v) is 8.16. The molecular formula is C18H28N2O. The Morgan fingerprint density at radius 3 is 2.67 bits per heavy atom. The summed E-state index contributed by atoms with van der Waals surface area (Å²) in [6.07, 6.45) is 2.43. The van der Waals surface area contributed by atoms with Crippen LogP contribution in [0.2, 0.25) is 0 Å². The molecule has 3 heteroatoms. The fourth-order valence-corrected chi connectivity index (χ4v) is 3.86. The molecular weight excluding hydrogens is 260 g/mol. The van der Waals surface area contributed by atoms with E-state index in [4.69, 9.17) is 10.5 Å². The minimum Gasteiger partial charge on any atom is -0.378 e. The molecule has 2 N–H and O–H groups in total. The van der Waals surface area contributed by atoms with Crippen molar-refractivity contribution in [1.82, 2.24) is 4.90 Å². The number of benzene rings is 1. The molecule has 1 heterocycles. The Morgan fingerprint density at radius 1 is 1.29 bits per heavy atom. The maximum atomic E-state index is 6.73. The van der Waals surface area contributed by atoms with Gasteiger partial charge in [-0.1, -0.05) is 38.1 Å². The van der Waals surface area contributed by atoms with Crippen molar-refractivity contribution in [3.63, 3.8) is 0 Å². The van der Waals surface area contributed by atoms with Crippen molar-refractivity contribution in [2.24, 2.45) is 11.1 Å². The lowest BCUT2D eigenvalue weighted by Gasteiger charge is -2.60. The van der Waals surface area contributed by atoms with Gasteiger partial charge in [-0.15, -0.1) is 0 Å². The van der Waals surface area contributed by atoms with Crippen LogP contribution in [0, 0.1) is 5.41 Å². The lowest BCUT2D eigenvalue weighted by molar-refractivity contribution is -0.157. The summed E-state index contributed by atoms with van der Waals surface area (Å²) in [5.74, 6) is 0. The van der Waals surface area contributed by atoms with Crippen LogP contribution < -0.4 is 5.73 Å². The predicted molar refractivity (Wildman–Crippen MR) is 86.2 cm³/mol. The predicted octanol–water partition coefficient (Wildman–Crippen LogP) is 2.58. The van der Waals surface area contributed by atoms with Gasteiger partial charge in [-0.25, -0.2) is 0 Å². The Hall–Kier alpha value is -0.900. The molecule has 0 saturated heterocycles. The first kappa shape index (κ1) is 15.0. The van der Waals surface area contributed by atoms with Crippen molar-refractivity contribution in [2.45, 2.75) is 51.8 Å². The lowest BCUT2D eigenvalue weighted by Crippen LogP contribution is -2.73. The van der Waals surface area contributed by atoms with E-state index in [1.165, 1.54) is 11.1 Å². The highest BCUT2D eigenvalue weighted by molar-refractivity contribution is 5.29. The fourth-order valence-electron chi connectivity index (χ4n) is 3.86. The molecule has 2 aliphatic rings. The highest BCUT2D eigenvalue weighted by Gasteiger charge is 2.58. The maximum Gasteiger partial charge on any atom is 0.0662 e.